The second kappa shape index (κ2) is 7.73. The fourth-order valence-electron chi connectivity index (χ4n) is 2.47. The lowest BCUT2D eigenvalue weighted by molar-refractivity contribution is -0.136. The van der Waals surface area contributed by atoms with Gasteiger partial charge in [0.05, 0.1) is 0 Å². The second-order valence-corrected chi connectivity index (χ2v) is 5.61. The molecule has 1 aromatic rings. The molecular formula is C15H20ClFN2O2. The van der Waals surface area contributed by atoms with Gasteiger partial charge in [-0.25, -0.2) is 4.39 Å². The molecule has 6 heteroatoms. The molecule has 0 radical (unpaired) electrons. The van der Waals surface area contributed by atoms with E-state index in [9.17, 15) is 9.18 Å². The minimum Gasteiger partial charge on any atom is -0.375 e. The van der Waals surface area contributed by atoms with Crippen LogP contribution in [0.2, 0.25) is 5.02 Å². The molecule has 1 saturated heterocycles. The van der Waals surface area contributed by atoms with E-state index >= 15 is 0 Å². The zero-order chi connectivity index (χ0) is 15.2. The van der Waals surface area contributed by atoms with E-state index in [-0.39, 0.29) is 18.3 Å². The first kappa shape index (κ1) is 16.2. The predicted octanol–water partition coefficient (Wildman–Crippen LogP) is 2.21. The van der Waals surface area contributed by atoms with Gasteiger partial charge >= 0.3 is 0 Å². The number of hydrogen-bond acceptors (Lipinski definition) is 3. The van der Waals surface area contributed by atoms with Gasteiger partial charge in [0.2, 0.25) is 5.91 Å². The Morgan fingerprint density at radius 2 is 2.19 bits per heavy atom. The van der Waals surface area contributed by atoms with Crippen LogP contribution >= 0.6 is 11.6 Å². The summed E-state index contributed by atoms with van der Waals surface area (Å²) < 4.78 is 17.8. The molecule has 0 spiro atoms. The summed E-state index contributed by atoms with van der Waals surface area (Å²) in [4.78, 5) is 13.5. The predicted molar refractivity (Wildman–Crippen MR) is 79.7 cm³/mol. The molecule has 1 aromatic carbocycles. The third-order valence-electron chi connectivity index (χ3n) is 3.71. The molecule has 2 rings (SSSR count). The van der Waals surface area contributed by atoms with Gasteiger partial charge in [-0.1, -0.05) is 17.7 Å². The third-order valence-corrected chi connectivity index (χ3v) is 4.06. The van der Waals surface area contributed by atoms with Crippen molar-refractivity contribution in [2.75, 3.05) is 26.8 Å². The zero-order valence-electron chi connectivity index (χ0n) is 12.1. The minimum atomic E-state index is -0.325. The number of ether oxygens (including phenoxy) is 1. The van der Waals surface area contributed by atoms with E-state index in [1.54, 1.807) is 6.07 Å². The normalized spacial score (nSPS) is 16.2. The average Bonchev–Trinajstić information content (AvgIpc) is 2.47. The lowest BCUT2D eigenvalue weighted by Crippen LogP contribution is -2.45. The van der Waals surface area contributed by atoms with Gasteiger partial charge in [0.15, 0.2) is 0 Å². The number of hydrogen-bond donors (Lipinski definition) is 1. The Kier molecular flexibility index (Phi) is 5.96. The zero-order valence-corrected chi connectivity index (χ0v) is 12.8. The lowest BCUT2D eigenvalue weighted by Gasteiger charge is -2.32. The van der Waals surface area contributed by atoms with Gasteiger partial charge in [-0.05, 0) is 30.5 Å². The topological polar surface area (TPSA) is 41.6 Å². The third kappa shape index (κ3) is 4.66. The Morgan fingerprint density at radius 3 is 2.81 bits per heavy atom. The molecule has 0 aromatic heterocycles. The molecule has 1 N–H and O–H groups in total. The van der Waals surface area contributed by atoms with Crippen molar-refractivity contribution in [3.8, 4) is 0 Å². The highest BCUT2D eigenvalue weighted by atomic mass is 35.5. The Bertz CT molecular complexity index is 491. The van der Waals surface area contributed by atoms with Gasteiger partial charge in [-0.3, -0.25) is 4.79 Å². The first-order valence-corrected chi connectivity index (χ1v) is 7.42. The molecule has 4 nitrogen and oxygen atoms in total. The summed E-state index contributed by atoms with van der Waals surface area (Å²) in [5, 5.41) is 3.85. The number of likely N-dealkylation sites (tertiary alicyclic amines) is 1. The van der Waals surface area contributed by atoms with E-state index in [0.717, 1.165) is 31.5 Å². The Hall–Kier alpha value is -1.17. The van der Waals surface area contributed by atoms with E-state index in [0.29, 0.717) is 17.6 Å². The fourth-order valence-corrected chi connectivity index (χ4v) is 2.70. The van der Waals surface area contributed by atoms with Crippen molar-refractivity contribution in [2.45, 2.75) is 25.4 Å². The van der Waals surface area contributed by atoms with Crippen molar-refractivity contribution >= 4 is 17.5 Å². The van der Waals surface area contributed by atoms with Crippen LogP contribution in [-0.4, -0.2) is 43.7 Å². The van der Waals surface area contributed by atoms with Crippen LogP contribution in [0.5, 0.6) is 0 Å². The van der Waals surface area contributed by atoms with Crippen LogP contribution < -0.4 is 5.32 Å². The highest BCUT2D eigenvalue weighted by Crippen LogP contribution is 2.18. The van der Waals surface area contributed by atoms with Crippen molar-refractivity contribution in [1.82, 2.24) is 10.2 Å². The van der Waals surface area contributed by atoms with E-state index in [4.69, 9.17) is 16.3 Å². The molecular weight excluding hydrogens is 295 g/mol. The highest BCUT2D eigenvalue weighted by Gasteiger charge is 2.22. The number of rotatable bonds is 5. The molecule has 1 fully saturated rings. The van der Waals surface area contributed by atoms with Gasteiger partial charge in [0.25, 0.3) is 0 Å². The number of nitrogens with one attached hydrogen (secondary N) is 1. The molecule has 116 valence electrons. The molecule has 0 saturated carbocycles. The van der Waals surface area contributed by atoms with Crippen molar-refractivity contribution in [3.05, 3.63) is 34.6 Å². The van der Waals surface area contributed by atoms with Gasteiger partial charge in [0, 0.05) is 37.8 Å². The molecule has 1 heterocycles. The highest BCUT2D eigenvalue weighted by molar-refractivity contribution is 6.31. The molecule has 1 amide bonds. The van der Waals surface area contributed by atoms with Crippen LogP contribution in [0.1, 0.15) is 18.4 Å². The quantitative estimate of drug-likeness (QED) is 0.906. The summed E-state index contributed by atoms with van der Waals surface area (Å²) in [6, 6.07) is 4.78. The maximum atomic E-state index is 13.0. The molecule has 0 atom stereocenters. The Morgan fingerprint density at radius 1 is 1.48 bits per heavy atom. The molecule has 21 heavy (non-hydrogen) atoms. The van der Waals surface area contributed by atoms with E-state index in [1.165, 1.54) is 19.2 Å². The van der Waals surface area contributed by atoms with Gasteiger partial charge < -0.3 is 15.0 Å². The fraction of sp³-hybridized carbons (Fsp3) is 0.533. The molecule has 0 aliphatic carbocycles. The molecule has 0 bridgehead atoms. The van der Waals surface area contributed by atoms with Crippen molar-refractivity contribution < 1.29 is 13.9 Å². The maximum Gasteiger partial charge on any atom is 0.248 e. The van der Waals surface area contributed by atoms with Gasteiger partial charge in [-0.2, -0.15) is 0 Å². The largest absolute Gasteiger partial charge is 0.375 e. The number of piperidine rings is 1. The standard InChI is InChI=1S/C15H20ClFN2O2/c1-21-10-15(20)19-6-4-13(5-7-19)18-9-11-2-3-12(17)8-14(11)16/h2-3,8,13,18H,4-7,9-10H2,1H3. The SMILES string of the molecule is COCC(=O)N1CCC(NCc2ccc(F)cc2Cl)CC1. The summed E-state index contributed by atoms with van der Waals surface area (Å²) in [5.74, 6) is -0.286. The number of carbonyl (C=O) groups is 1. The van der Waals surface area contributed by atoms with Crippen molar-refractivity contribution in [2.24, 2.45) is 0 Å². The van der Waals surface area contributed by atoms with E-state index < -0.39 is 0 Å². The van der Waals surface area contributed by atoms with Gasteiger partial charge in [-0.15, -0.1) is 0 Å². The van der Waals surface area contributed by atoms with Gasteiger partial charge in [0.1, 0.15) is 12.4 Å². The van der Waals surface area contributed by atoms with Crippen LogP contribution in [0.15, 0.2) is 18.2 Å². The van der Waals surface area contributed by atoms with Crippen LogP contribution in [0.4, 0.5) is 4.39 Å². The summed E-state index contributed by atoms with van der Waals surface area (Å²) in [7, 11) is 1.53. The lowest BCUT2D eigenvalue weighted by atomic mass is 10.0. The Labute approximate surface area is 129 Å². The van der Waals surface area contributed by atoms with Crippen molar-refractivity contribution in [1.29, 1.82) is 0 Å². The van der Waals surface area contributed by atoms with Crippen molar-refractivity contribution in [3.63, 3.8) is 0 Å². The van der Waals surface area contributed by atoms with Crippen LogP contribution in [0.25, 0.3) is 0 Å². The molecule has 1 aliphatic rings. The smallest absolute Gasteiger partial charge is 0.248 e. The number of amides is 1. The van der Waals surface area contributed by atoms with Crippen LogP contribution in [-0.2, 0) is 16.1 Å². The number of carbonyl (C=O) groups excluding carboxylic acids is 1. The first-order chi connectivity index (χ1) is 10.1. The summed E-state index contributed by atoms with van der Waals surface area (Å²) in [6.45, 7) is 2.22. The molecule has 1 aliphatic heterocycles. The second-order valence-electron chi connectivity index (χ2n) is 5.20. The summed E-state index contributed by atoms with van der Waals surface area (Å²) in [6.07, 6.45) is 1.79. The summed E-state index contributed by atoms with van der Waals surface area (Å²) >= 11 is 6.00. The average molecular weight is 315 g/mol. The number of nitrogens with zero attached hydrogens (tertiary/aromatic N) is 1. The Balaban J connectivity index is 1.77. The van der Waals surface area contributed by atoms with Crippen LogP contribution in [0.3, 0.4) is 0 Å². The minimum absolute atomic E-state index is 0.0394. The summed E-state index contributed by atoms with van der Waals surface area (Å²) in [5.41, 5.74) is 0.885. The first-order valence-electron chi connectivity index (χ1n) is 7.04. The number of methoxy groups -OCH3 is 1. The van der Waals surface area contributed by atoms with E-state index in [2.05, 4.69) is 5.32 Å². The number of benzene rings is 1. The van der Waals surface area contributed by atoms with Crippen LogP contribution in [0, 0.1) is 5.82 Å². The van der Waals surface area contributed by atoms with E-state index in [1.807, 2.05) is 4.90 Å². The maximum absolute atomic E-state index is 13.0. The number of halogens is 2. The monoisotopic (exact) mass is 314 g/mol. The molecule has 0 unspecified atom stereocenters.